The van der Waals surface area contributed by atoms with Crippen molar-refractivity contribution in [1.82, 2.24) is 5.32 Å². The molecule has 0 bridgehead atoms. The predicted octanol–water partition coefficient (Wildman–Crippen LogP) is 4.35. The van der Waals surface area contributed by atoms with Gasteiger partial charge in [0.15, 0.2) is 0 Å². The number of hydrogen-bond acceptors (Lipinski definition) is 5. The van der Waals surface area contributed by atoms with Gasteiger partial charge in [0.2, 0.25) is 0 Å². The lowest BCUT2D eigenvalue weighted by atomic mass is 9.95. The molecule has 2 aromatic rings. The average molecular weight is 369 g/mol. The Balaban J connectivity index is 2.17. The molecule has 0 aliphatic rings. The van der Waals surface area contributed by atoms with Crippen molar-refractivity contribution < 1.29 is 19.1 Å². The predicted molar refractivity (Wildman–Crippen MR) is 105 cm³/mol. The summed E-state index contributed by atoms with van der Waals surface area (Å²) >= 11 is 0. The Morgan fingerprint density at radius 2 is 1.63 bits per heavy atom. The lowest BCUT2D eigenvalue weighted by Crippen LogP contribution is -2.41. The van der Waals surface area contributed by atoms with Gasteiger partial charge in [-0.25, -0.2) is 9.59 Å². The molecule has 5 nitrogen and oxygen atoms in total. The van der Waals surface area contributed by atoms with Crippen LogP contribution in [0.2, 0.25) is 0 Å². The Hall–Kier alpha value is -2.66. The van der Waals surface area contributed by atoms with Gasteiger partial charge in [-0.15, -0.1) is 0 Å². The summed E-state index contributed by atoms with van der Waals surface area (Å²) in [4.78, 5) is 24.3. The van der Waals surface area contributed by atoms with Crippen molar-refractivity contribution in [3.63, 3.8) is 0 Å². The number of carbonyl (C=O) groups is 2. The number of esters is 1. The highest BCUT2D eigenvalue weighted by Crippen LogP contribution is 2.24. The summed E-state index contributed by atoms with van der Waals surface area (Å²) < 4.78 is 9.97. The lowest BCUT2D eigenvalue weighted by Gasteiger charge is -2.21. The molecule has 0 aliphatic carbocycles. The first-order chi connectivity index (χ1) is 12.8. The zero-order valence-corrected chi connectivity index (χ0v) is 16.3. The molecule has 0 radical (unpaired) electrons. The number of rotatable bonds is 6. The molecule has 0 fully saturated rings. The van der Waals surface area contributed by atoms with E-state index in [2.05, 4.69) is 5.32 Å². The van der Waals surface area contributed by atoms with Gasteiger partial charge in [0.05, 0.1) is 0 Å². The molecular weight excluding hydrogens is 342 g/mol. The number of carbonyl (C=O) groups excluding carboxylic acids is 2. The van der Waals surface area contributed by atoms with Crippen molar-refractivity contribution in [3.8, 4) is 11.1 Å². The summed E-state index contributed by atoms with van der Waals surface area (Å²) in [5.74, 6) is -0.644. The number of nitrogens with one attached hydrogen (secondary N) is 1. The first-order valence-electron chi connectivity index (χ1n) is 9.11. The molecule has 0 aliphatic heterocycles. The third kappa shape index (κ3) is 6.53. The van der Waals surface area contributed by atoms with E-state index in [1.807, 2.05) is 61.5 Å². The maximum atomic E-state index is 12.5. The van der Waals surface area contributed by atoms with Crippen molar-refractivity contribution >= 4 is 12.1 Å². The number of likely N-dealkylation sites (N-methyl/N-ethyl adjacent to an activating group) is 1. The summed E-state index contributed by atoms with van der Waals surface area (Å²) in [6.07, 6.45) is -0.577. The van der Waals surface area contributed by atoms with Gasteiger partial charge < -0.3 is 14.8 Å². The minimum absolute atomic E-state index is 0.403. The third-order valence-electron chi connectivity index (χ3n) is 3.83. The molecule has 27 heavy (non-hydrogen) atoms. The van der Waals surface area contributed by atoms with Crippen LogP contribution in [0.15, 0.2) is 54.6 Å². The number of benzene rings is 2. The lowest BCUT2D eigenvalue weighted by molar-refractivity contribution is -0.143. The normalized spacial score (nSPS) is 12.3. The molecule has 0 heterocycles. The fraction of sp³-hybridized carbons (Fsp3) is 0.364. The topological polar surface area (TPSA) is 64.6 Å². The molecule has 144 valence electrons. The van der Waals surface area contributed by atoms with Crippen LogP contribution >= 0.6 is 0 Å². The van der Waals surface area contributed by atoms with E-state index in [0.717, 1.165) is 16.7 Å². The molecule has 0 saturated heterocycles. The highest BCUT2D eigenvalue weighted by atomic mass is 16.7. The first-order valence-corrected chi connectivity index (χ1v) is 9.11. The maximum absolute atomic E-state index is 12.5. The molecule has 0 spiro atoms. The van der Waals surface area contributed by atoms with Gasteiger partial charge in [-0.2, -0.15) is 0 Å². The van der Waals surface area contributed by atoms with Crippen molar-refractivity contribution in [1.29, 1.82) is 0 Å². The van der Waals surface area contributed by atoms with E-state index in [1.54, 1.807) is 20.8 Å². The van der Waals surface area contributed by atoms with E-state index >= 15 is 0 Å². The Kier molecular flexibility index (Phi) is 7.13. The zero-order chi connectivity index (χ0) is 19.9. The monoisotopic (exact) mass is 369 g/mol. The van der Waals surface area contributed by atoms with Crippen LogP contribution in [0.4, 0.5) is 4.79 Å². The smallest absolute Gasteiger partial charge is 0.428 e. The van der Waals surface area contributed by atoms with E-state index in [0.29, 0.717) is 13.0 Å². The number of hydrogen-bond donors (Lipinski definition) is 1. The number of ether oxygens (including phenoxy) is 2. The third-order valence-corrected chi connectivity index (χ3v) is 3.83. The van der Waals surface area contributed by atoms with Gasteiger partial charge in [-0.05, 0) is 50.4 Å². The molecular formula is C22H27NO4. The Morgan fingerprint density at radius 3 is 2.26 bits per heavy atom. The van der Waals surface area contributed by atoms with E-state index < -0.39 is 23.8 Å². The summed E-state index contributed by atoms with van der Waals surface area (Å²) in [5, 5.41) is 3.10. The SMILES string of the molecule is CCN[C@@H](Cc1ccccc1-c1ccccc1)C(=O)OC(=O)OC(C)(C)C. The second kappa shape index (κ2) is 9.33. The molecule has 1 N–H and O–H groups in total. The van der Waals surface area contributed by atoms with E-state index in [-0.39, 0.29) is 0 Å². The molecule has 0 unspecified atom stereocenters. The van der Waals surface area contributed by atoms with Crippen LogP contribution in [0, 0.1) is 0 Å². The minimum atomic E-state index is -0.980. The van der Waals surface area contributed by atoms with Crippen LogP contribution in [0.1, 0.15) is 33.3 Å². The summed E-state index contributed by atoms with van der Waals surface area (Å²) in [6.45, 7) is 7.63. The molecule has 0 amide bonds. The quantitative estimate of drug-likeness (QED) is 0.606. The second-order valence-electron chi connectivity index (χ2n) is 7.22. The molecule has 2 aromatic carbocycles. The second-order valence-corrected chi connectivity index (χ2v) is 7.22. The molecule has 2 rings (SSSR count). The van der Waals surface area contributed by atoms with Gasteiger partial charge in [0.1, 0.15) is 11.6 Å². The molecule has 5 heteroatoms. The van der Waals surface area contributed by atoms with Crippen LogP contribution in [-0.2, 0) is 20.7 Å². The van der Waals surface area contributed by atoms with Crippen LogP contribution in [-0.4, -0.2) is 30.3 Å². The van der Waals surface area contributed by atoms with Crippen LogP contribution in [0.5, 0.6) is 0 Å². The van der Waals surface area contributed by atoms with Gasteiger partial charge in [-0.1, -0.05) is 61.5 Å². The van der Waals surface area contributed by atoms with Gasteiger partial charge >= 0.3 is 12.1 Å². The minimum Gasteiger partial charge on any atom is -0.428 e. The summed E-state index contributed by atoms with van der Waals surface area (Å²) in [7, 11) is 0. The Labute approximate surface area is 160 Å². The average Bonchev–Trinajstić information content (AvgIpc) is 2.61. The Morgan fingerprint density at radius 1 is 1.00 bits per heavy atom. The first kappa shape index (κ1) is 20.6. The fourth-order valence-electron chi connectivity index (χ4n) is 2.73. The van der Waals surface area contributed by atoms with Crippen molar-refractivity contribution in [2.45, 2.75) is 45.8 Å². The fourth-order valence-corrected chi connectivity index (χ4v) is 2.73. The van der Waals surface area contributed by atoms with Crippen LogP contribution < -0.4 is 5.32 Å². The zero-order valence-electron chi connectivity index (χ0n) is 16.3. The van der Waals surface area contributed by atoms with E-state index in [9.17, 15) is 9.59 Å². The van der Waals surface area contributed by atoms with Gasteiger partial charge in [0, 0.05) is 0 Å². The van der Waals surface area contributed by atoms with Crippen LogP contribution in [0.25, 0.3) is 11.1 Å². The Bertz CT molecular complexity index is 765. The van der Waals surface area contributed by atoms with E-state index in [1.165, 1.54) is 0 Å². The van der Waals surface area contributed by atoms with Crippen molar-refractivity contribution in [2.75, 3.05) is 6.54 Å². The molecule has 0 saturated carbocycles. The maximum Gasteiger partial charge on any atom is 0.516 e. The standard InChI is InChI=1S/C22H27NO4/c1-5-23-19(20(24)26-21(25)27-22(2,3)4)15-17-13-9-10-14-18(17)16-11-7-6-8-12-16/h6-14,19,23H,5,15H2,1-4H3/t19-/m0/s1. The van der Waals surface area contributed by atoms with Crippen molar-refractivity contribution in [2.24, 2.45) is 0 Å². The van der Waals surface area contributed by atoms with Gasteiger partial charge in [-0.3, -0.25) is 0 Å². The largest absolute Gasteiger partial charge is 0.516 e. The highest BCUT2D eigenvalue weighted by Gasteiger charge is 2.26. The van der Waals surface area contributed by atoms with Gasteiger partial charge in [0.25, 0.3) is 0 Å². The summed E-state index contributed by atoms with van der Waals surface area (Å²) in [6, 6.07) is 17.2. The highest BCUT2D eigenvalue weighted by molar-refractivity contribution is 5.86. The van der Waals surface area contributed by atoms with Crippen LogP contribution in [0.3, 0.4) is 0 Å². The van der Waals surface area contributed by atoms with Crippen molar-refractivity contribution in [3.05, 3.63) is 60.2 Å². The molecule has 1 atom stereocenters. The molecule has 0 aromatic heterocycles. The van der Waals surface area contributed by atoms with E-state index in [4.69, 9.17) is 9.47 Å². The summed E-state index contributed by atoms with van der Waals surface area (Å²) in [5.41, 5.74) is 2.40.